The highest BCUT2D eigenvalue weighted by Gasteiger charge is 2.23. The third-order valence-electron chi connectivity index (χ3n) is 4.62. The number of para-hydroxylation sites is 1. The van der Waals surface area contributed by atoms with Crippen LogP contribution >= 0.6 is 0 Å². The Kier molecular flexibility index (Phi) is 4.45. The number of aryl methyl sites for hydroxylation is 1. The minimum atomic E-state index is -0.722. The summed E-state index contributed by atoms with van der Waals surface area (Å²) in [6.45, 7) is 2.99. The van der Waals surface area contributed by atoms with E-state index in [-0.39, 0.29) is 5.25 Å². The highest BCUT2D eigenvalue weighted by molar-refractivity contribution is 7.84. The number of aromatic amines is 1. The minimum Gasteiger partial charge on any atom is -0.357 e. The molecular weight excluding hydrogens is 280 g/mol. The van der Waals surface area contributed by atoms with E-state index >= 15 is 0 Å². The van der Waals surface area contributed by atoms with Crippen LogP contribution in [-0.2, 0) is 17.2 Å². The Balaban J connectivity index is 1.73. The molecule has 0 radical (unpaired) electrons. The molecule has 3 unspecified atom stereocenters. The lowest BCUT2D eigenvalue weighted by atomic mass is 9.91. The van der Waals surface area contributed by atoms with Crippen molar-refractivity contribution in [2.75, 3.05) is 12.8 Å². The Bertz CT molecular complexity index is 649. The summed E-state index contributed by atoms with van der Waals surface area (Å²) in [5.74, 6) is 0. The molecule has 3 nitrogen and oxygen atoms in total. The van der Waals surface area contributed by atoms with E-state index in [2.05, 4.69) is 41.5 Å². The van der Waals surface area contributed by atoms with Crippen LogP contribution in [0.5, 0.6) is 0 Å². The van der Waals surface area contributed by atoms with Crippen molar-refractivity contribution in [3.05, 3.63) is 35.5 Å². The molecule has 0 fully saturated rings. The van der Waals surface area contributed by atoms with Crippen LogP contribution in [0.4, 0.5) is 0 Å². The zero-order valence-electron chi connectivity index (χ0n) is 12.8. The van der Waals surface area contributed by atoms with Gasteiger partial charge in [-0.15, -0.1) is 0 Å². The fraction of sp³-hybridized carbons (Fsp3) is 0.529. The molecule has 0 saturated heterocycles. The van der Waals surface area contributed by atoms with Crippen LogP contribution in [0.15, 0.2) is 24.3 Å². The Morgan fingerprint density at radius 2 is 2.24 bits per heavy atom. The van der Waals surface area contributed by atoms with Gasteiger partial charge in [0.15, 0.2) is 0 Å². The van der Waals surface area contributed by atoms with Crippen molar-refractivity contribution in [2.24, 2.45) is 0 Å². The average Bonchev–Trinajstić information content (AvgIpc) is 2.86. The van der Waals surface area contributed by atoms with E-state index < -0.39 is 10.8 Å². The second-order valence-corrected chi connectivity index (χ2v) is 7.86. The molecule has 0 spiro atoms. The van der Waals surface area contributed by atoms with Crippen molar-refractivity contribution >= 4 is 21.7 Å². The molecule has 1 aromatic carbocycles. The molecule has 0 amide bonds. The Morgan fingerprint density at radius 3 is 3.05 bits per heavy atom. The summed E-state index contributed by atoms with van der Waals surface area (Å²) in [5, 5.41) is 5.30. The van der Waals surface area contributed by atoms with Gasteiger partial charge in [-0.05, 0) is 43.9 Å². The number of benzene rings is 1. The first kappa shape index (κ1) is 14.8. The van der Waals surface area contributed by atoms with Crippen molar-refractivity contribution in [1.82, 2.24) is 10.3 Å². The third-order valence-corrected chi connectivity index (χ3v) is 5.99. The van der Waals surface area contributed by atoms with Gasteiger partial charge >= 0.3 is 0 Å². The number of H-pyrrole nitrogens is 1. The zero-order valence-corrected chi connectivity index (χ0v) is 13.6. The lowest BCUT2D eigenvalue weighted by Crippen LogP contribution is -2.28. The predicted molar refractivity (Wildman–Crippen MR) is 90.1 cm³/mol. The van der Waals surface area contributed by atoms with Crippen LogP contribution < -0.4 is 5.32 Å². The lowest BCUT2D eigenvalue weighted by Gasteiger charge is -2.24. The molecule has 1 aliphatic carbocycles. The molecule has 0 aliphatic heterocycles. The maximum absolute atomic E-state index is 11.4. The topological polar surface area (TPSA) is 44.9 Å². The van der Waals surface area contributed by atoms with Crippen molar-refractivity contribution < 1.29 is 4.21 Å². The molecule has 3 atom stereocenters. The van der Waals surface area contributed by atoms with Gasteiger partial charge in [0.05, 0.1) is 0 Å². The second-order valence-electron chi connectivity index (χ2n) is 6.06. The molecule has 1 heterocycles. The Morgan fingerprint density at radius 1 is 1.43 bits per heavy atom. The molecule has 0 bridgehead atoms. The summed E-state index contributed by atoms with van der Waals surface area (Å²) in [4.78, 5) is 3.60. The van der Waals surface area contributed by atoms with E-state index in [0.29, 0.717) is 6.04 Å². The molecule has 1 aliphatic rings. The van der Waals surface area contributed by atoms with Gasteiger partial charge in [-0.25, -0.2) is 0 Å². The zero-order chi connectivity index (χ0) is 14.8. The maximum atomic E-state index is 11.4. The van der Waals surface area contributed by atoms with Crippen LogP contribution in [0.3, 0.4) is 0 Å². The van der Waals surface area contributed by atoms with Crippen LogP contribution in [0, 0.1) is 0 Å². The van der Waals surface area contributed by atoms with E-state index in [9.17, 15) is 4.21 Å². The van der Waals surface area contributed by atoms with E-state index in [4.69, 9.17) is 0 Å². The first-order valence-corrected chi connectivity index (χ1v) is 9.44. The normalized spacial score (nSPS) is 21.1. The molecule has 4 heteroatoms. The van der Waals surface area contributed by atoms with Crippen LogP contribution in [-0.4, -0.2) is 27.2 Å². The van der Waals surface area contributed by atoms with Gasteiger partial charge in [-0.1, -0.05) is 25.1 Å². The monoisotopic (exact) mass is 304 g/mol. The van der Waals surface area contributed by atoms with Crippen molar-refractivity contribution in [2.45, 2.75) is 43.9 Å². The number of nitrogens with one attached hydrogen (secondary N) is 2. The summed E-state index contributed by atoms with van der Waals surface area (Å²) in [6, 6.07) is 9.00. The van der Waals surface area contributed by atoms with Crippen LogP contribution in [0.25, 0.3) is 10.9 Å². The molecule has 2 N–H and O–H groups in total. The van der Waals surface area contributed by atoms with E-state index in [1.54, 1.807) is 6.26 Å². The maximum Gasteiger partial charge on any atom is 0.0476 e. The van der Waals surface area contributed by atoms with Gasteiger partial charge in [-0.2, -0.15) is 0 Å². The number of fused-ring (bicyclic) bond motifs is 3. The van der Waals surface area contributed by atoms with Gasteiger partial charge in [0.25, 0.3) is 0 Å². The van der Waals surface area contributed by atoms with E-state index in [1.807, 2.05) is 0 Å². The largest absolute Gasteiger partial charge is 0.357 e. The first-order valence-electron chi connectivity index (χ1n) is 7.82. The Labute approximate surface area is 129 Å². The summed E-state index contributed by atoms with van der Waals surface area (Å²) in [5.41, 5.74) is 4.11. The molecule has 21 heavy (non-hydrogen) atoms. The molecule has 2 aromatic rings. The van der Waals surface area contributed by atoms with E-state index in [1.165, 1.54) is 41.4 Å². The SMILES string of the molecule is CC(CCNC1CCCc2c1[nH]c1ccccc21)S(C)=O. The van der Waals surface area contributed by atoms with Gasteiger partial charge in [-0.3, -0.25) is 4.21 Å². The van der Waals surface area contributed by atoms with Crippen molar-refractivity contribution in [3.63, 3.8) is 0 Å². The summed E-state index contributed by atoms with van der Waals surface area (Å²) in [7, 11) is -0.722. The molecule has 3 rings (SSSR count). The fourth-order valence-electron chi connectivity index (χ4n) is 3.25. The Hall–Kier alpha value is -1.13. The van der Waals surface area contributed by atoms with Gasteiger partial charge in [0, 0.05) is 44.9 Å². The number of aromatic nitrogens is 1. The second kappa shape index (κ2) is 6.32. The number of rotatable bonds is 5. The fourth-order valence-corrected chi connectivity index (χ4v) is 3.70. The average molecular weight is 304 g/mol. The summed E-state index contributed by atoms with van der Waals surface area (Å²) < 4.78 is 11.4. The molecule has 0 saturated carbocycles. The van der Waals surface area contributed by atoms with Crippen LogP contribution in [0.2, 0.25) is 0 Å². The molecule has 114 valence electrons. The third kappa shape index (κ3) is 3.06. The van der Waals surface area contributed by atoms with Gasteiger partial charge in [0.1, 0.15) is 0 Å². The van der Waals surface area contributed by atoms with Crippen molar-refractivity contribution in [1.29, 1.82) is 0 Å². The lowest BCUT2D eigenvalue weighted by molar-refractivity contribution is 0.449. The highest BCUT2D eigenvalue weighted by Crippen LogP contribution is 2.34. The quantitative estimate of drug-likeness (QED) is 0.890. The van der Waals surface area contributed by atoms with E-state index in [0.717, 1.165) is 13.0 Å². The van der Waals surface area contributed by atoms with Gasteiger partial charge < -0.3 is 10.3 Å². The van der Waals surface area contributed by atoms with Crippen LogP contribution in [0.1, 0.15) is 43.5 Å². The number of hydrogen-bond donors (Lipinski definition) is 2. The smallest absolute Gasteiger partial charge is 0.0476 e. The highest BCUT2D eigenvalue weighted by atomic mass is 32.2. The molecular formula is C17H24N2OS. The molecule has 1 aromatic heterocycles. The first-order chi connectivity index (χ1) is 10.2. The van der Waals surface area contributed by atoms with Gasteiger partial charge in [0.2, 0.25) is 0 Å². The standard InChI is InChI=1S/C17H24N2OS/c1-12(21(2)20)10-11-18-16-9-5-7-14-13-6-3-4-8-15(13)19-17(14)16/h3-4,6,8,12,16,18-19H,5,7,9-11H2,1-2H3. The predicted octanol–water partition coefficient (Wildman–Crippen LogP) is 3.29. The number of hydrogen-bond acceptors (Lipinski definition) is 2. The summed E-state index contributed by atoms with van der Waals surface area (Å²) >= 11 is 0. The summed E-state index contributed by atoms with van der Waals surface area (Å²) in [6.07, 6.45) is 6.36. The minimum absolute atomic E-state index is 0.267. The van der Waals surface area contributed by atoms with Crippen molar-refractivity contribution in [3.8, 4) is 0 Å².